The third kappa shape index (κ3) is 2.95. The summed E-state index contributed by atoms with van der Waals surface area (Å²) in [5.41, 5.74) is -0.639. The molecule has 0 N–H and O–H groups in total. The maximum absolute atomic E-state index is 6.13. The first kappa shape index (κ1) is 15.9. The summed E-state index contributed by atoms with van der Waals surface area (Å²) in [7, 11) is -0.338. The van der Waals surface area contributed by atoms with Crippen molar-refractivity contribution >= 4 is 39.2 Å². The van der Waals surface area contributed by atoms with Gasteiger partial charge in [0.05, 0.1) is 21.0 Å². The molecule has 7 heteroatoms. The summed E-state index contributed by atoms with van der Waals surface area (Å²) in [4.78, 5) is 4.69. The molecule has 2 saturated heterocycles. The van der Waals surface area contributed by atoms with E-state index in [0.717, 1.165) is 40.4 Å². The lowest BCUT2D eigenvalue weighted by atomic mass is 9.89. The Labute approximate surface area is 138 Å². The average molecular weight is 374 g/mol. The van der Waals surface area contributed by atoms with Crippen molar-refractivity contribution in [1.29, 1.82) is 0 Å². The van der Waals surface area contributed by atoms with Crippen LogP contribution in [0.4, 0.5) is 0 Å². The largest absolute Gasteiger partial charge is 0.508 e. The summed E-state index contributed by atoms with van der Waals surface area (Å²) < 4.78 is 19.6. The zero-order valence-electron chi connectivity index (χ0n) is 12.9. The van der Waals surface area contributed by atoms with Crippen molar-refractivity contribution in [3.63, 3.8) is 0 Å². The molecule has 116 valence electrons. The van der Waals surface area contributed by atoms with Gasteiger partial charge in [0.1, 0.15) is 4.60 Å². The first-order valence-corrected chi connectivity index (χ1v) is 9.00. The molecule has 4 nitrogen and oxygen atoms in total. The first-order chi connectivity index (χ1) is 9.80. The van der Waals surface area contributed by atoms with Gasteiger partial charge in [0.2, 0.25) is 0 Å². The smallest absolute Gasteiger partial charge is 0.399 e. The summed E-state index contributed by atoms with van der Waals surface area (Å²) in [6, 6.07) is 0. The van der Waals surface area contributed by atoms with Gasteiger partial charge in [-0.1, -0.05) is 0 Å². The van der Waals surface area contributed by atoms with Crippen LogP contribution in [0.25, 0.3) is 0 Å². The van der Waals surface area contributed by atoms with E-state index in [1.807, 2.05) is 0 Å². The van der Waals surface area contributed by atoms with Gasteiger partial charge in [0.15, 0.2) is 0 Å². The van der Waals surface area contributed by atoms with Gasteiger partial charge in [-0.15, -0.1) is 11.3 Å². The van der Waals surface area contributed by atoms with Gasteiger partial charge in [-0.05, 0) is 56.5 Å². The molecule has 0 aromatic carbocycles. The molecule has 0 unspecified atom stereocenters. The molecule has 0 atom stereocenters. The summed E-state index contributed by atoms with van der Waals surface area (Å²) in [5.74, 6) is 0.497. The van der Waals surface area contributed by atoms with Gasteiger partial charge in [-0.2, -0.15) is 0 Å². The van der Waals surface area contributed by atoms with Crippen LogP contribution in [0.15, 0.2) is 4.60 Å². The van der Waals surface area contributed by atoms with Crippen LogP contribution in [-0.2, 0) is 14.0 Å². The van der Waals surface area contributed by atoms with Gasteiger partial charge in [0.25, 0.3) is 0 Å². The molecular weight excluding hydrogens is 353 g/mol. The second-order valence-corrected chi connectivity index (χ2v) is 8.50. The molecule has 1 aromatic heterocycles. The maximum atomic E-state index is 6.13. The number of aromatic nitrogens is 1. The van der Waals surface area contributed by atoms with Crippen LogP contribution >= 0.6 is 27.3 Å². The van der Waals surface area contributed by atoms with Crippen LogP contribution in [0, 0.1) is 0 Å². The second kappa shape index (κ2) is 5.60. The normalized spacial score (nSPS) is 25.5. The molecule has 2 aliphatic rings. The summed E-state index contributed by atoms with van der Waals surface area (Å²) in [6.45, 7) is 9.94. The van der Waals surface area contributed by atoms with Crippen LogP contribution in [0.1, 0.15) is 51.5 Å². The highest BCUT2D eigenvalue weighted by molar-refractivity contribution is 9.10. The van der Waals surface area contributed by atoms with E-state index in [1.54, 1.807) is 11.3 Å². The summed E-state index contributed by atoms with van der Waals surface area (Å²) in [5, 5.41) is 1.16. The van der Waals surface area contributed by atoms with Crippen LogP contribution < -0.4 is 4.78 Å². The van der Waals surface area contributed by atoms with E-state index in [1.165, 1.54) is 0 Å². The highest BCUT2D eigenvalue weighted by Crippen LogP contribution is 2.38. The fourth-order valence-electron chi connectivity index (χ4n) is 2.54. The van der Waals surface area contributed by atoms with Crippen molar-refractivity contribution in [2.75, 3.05) is 13.2 Å². The van der Waals surface area contributed by atoms with E-state index in [0.29, 0.717) is 5.92 Å². The minimum Gasteiger partial charge on any atom is -0.399 e. The Balaban J connectivity index is 1.82. The molecule has 0 amide bonds. The molecule has 3 rings (SSSR count). The molecule has 2 fully saturated rings. The Morgan fingerprint density at radius 3 is 2.29 bits per heavy atom. The van der Waals surface area contributed by atoms with Crippen LogP contribution in [0.2, 0.25) is 0 Å². The van der Waals surface area contributed by atoms with Crippen molar-refractivity contribution < 1.29 is 14.0 Å². The minimum absolute atomic E-state index is 0.320. The van der Waals surface area contributed by atoms with E-state index in [4.69, 9.17) is 19.0 Å². The Morgan fingerprint density at radius 2 is 1.71 bits per heavy atom. The predicted molar refractivity (Wildman–Crippen MR) is 88.3 cm³/mol. The van der Waals surface area contributed by atoms with E-state index in [-0.39, 0.29) is 18.3 Å². The van der Waals surface area contributed by atoms with Crippen molar-refractivity contribution in [1.82, 2.24) is 4.98 Å². The number of rotatable bonds is 2. The molecule has 0 spiro atoms. The highest BCUT2D eigenvalue weighted by Gasteiger charge is 2.53. The van der Waals surface area contributed by atoms with Crippen molar-refractivity contribution in [2.45, 2.75) is 57.7 Å². The highest BCUT2D eigenvalue weighted by atomic mass is 79.9. The SMILES string of the molecule is CC1(C)OB(c2sc(C3CCOCC3)nc2Br)OC1(C)C. The second-order valence-electron chi connectivity index (χ2n) is 6.68. The zero-order valence-corrected chi connectivity index (χ0v) is 15.3. The Morgan fingerprint density at radius 1 is 1.14 bits per heavy atom. The molecule has 0 bridgehead atoms. The van der Waals surface area contributed by atoms with E-state index >= 15 is 0 Å². The van der Waals surface area contributed by atoms with Crippen LogP contribution in [0.5, 0.6) is 0 Å². The van der Waals surface area contributed by atoms with Crippen molar-refractivity contribution in [3.8, 4) is 0 Å². The number of nitrogens with zero attached hydrogens (tertiary/aromatic N) is 1. The predicted octanol–water partition coefficient (Wildman–Crippen LogP) is 3.10. The average Bonchev–Trinajstić information content (AvgIpc) is 2.89. The summed E-state index contributed by atoms with van der Waals surface area (Å²) >= 11 is 5.28. The quantitative estimate of drug-likeness (QED) is 0.747. The van der Waals surface area contributed by atoms with Crippen molar-refractivity contribution in [2.24, 2.45) is 0 Å². The Kier molecular flexibility index (Phi) is 4.25. The van der Waals surface area contributed by atoms with E-state index in [9.17, 15) is 0 Å². The Bertz CT molecular complexity index is 512. The van der Waals surface area contributed by atoms with Crippen LogP contribution in [0.3, 0.4) is 0 Å². The molecule has 2 aliphatic heterocycles. The van der Waals surface area contributed by atoms with E-state index < -0.39 is 0 Å². The van der Waals surface area contributed by atoms with Gasteiger partial charge in [0, 0.05) is 19.1 Å². The van der Waals surface area contributed by atoms with Crippen molar-refractivity contribution in [3.05, 3.63) is 9.61 Å². The van der Waals surface area contributed by atoms with E-state index in [2.05, 4.69) is 43.6 Å². The maximum Gasteiger partial charge on any atom is 0.508 e. The van der Waals surface area contributed by atoms with Gasteiger partial charge in [-0.25, -0.2) is 4.98 Å². The zero-order chi connectivity index (χ0) is 15.3. The standard InChI is InChI=1S/C14H21BBrNO3S/c1-13(2)14(3,4)20-15(19-13)10-11(16)17-12(21-10)9-5-7-18-8-6-9/h9H,5-8H2,1-4H3. The fraction of sp³-hybridized carbons (Fsp3) is 0.786. The summed E-state index contributed by atoms with van der Waals surface area (Å²) in [6.07, 6.45) is 2.09. The lowest BCUT2D eigenvalue weighted by Gasteiger charge is -2.32. The van der Waals surface area contributed by atoms with Gasteiger partial charge >= 0.3 is 7.12 Å². The number of ether oxygens (including phenoxy) is 1. The lowest BCUT2D eigenvalue weighted by molar-refractivity contribution is 0.00578. The number of hydrogen-bond donors (Lipinski definition) is 0. The number of thiazole rings is 1. The lowest BCUT2D eigenvalue weighted by Crippen LogP contribution is -2.41. The number of hydrogen-bond acceptors (Lipinski definition) is 5. The third-order valence-corrected chi connectivity index (χ3v) is 6.77. The van der Waals surface area contributed by atoms with Gasteiger partial charge in [-0.3, -0.25) is 0 Å². The molecule has 21 heavy (non-hydrogen) atoms. The Hall–Kier alpha value is 0.0549. The molecule has 1 aromatic rings. The minimum atomic E-state index is -0.338. The van der Waals surface area contributed by atoms with Gasteiger partial charge < -0.3 is 14.0 Å². The topological polar surface area (TPSA) is 40.6 Å². The molecular formula is C14H21BBrNO3S. The molecule has 0 radical (unpaired) electrons. The molecule has 3 heterocycles. The monoisotopic (exact) mass is 373 g/mol. The first-order valence-electron chi connectivity index (χ1n) is 7.40. The molecule has 0 aliphatic carbocycles. The molecule has 0 saturated carbocycles. The number of halogens is 1. The van der Waals surface area contributed by atoms with Crippen LogP contribution in [-0.4, -0.2) is 36.5 Å². The fourth-order valence-corrected chi connectivity index (χ4v) is 4.37. The third-order valence-electron chi connectivity index (χ3n) is 4.66.